The third kappa shape index (κ3) is 3.53. The Morgan fingerprint density at radius 3 is 2.14 bits per heavy atom. The fraction of sp³-hybridized carbons (Fsp3) is 0.667. The van der Waals surface area contributed by atoms with Crippen LogP contribution in [-0.4, -0.2) is 28.9 Å². The van der Waals surface area contributed by atoms with E-state index in [4.69, 9.17) is 25.6 Å². The van der Waals surface area contributed by atoms with Gasteiger partial charge in [0, 0.05) is 11.7 Å². The van der Waals surface area contributed by atoms with Crippen LogP contribution in [-0.2, 0) is 9.31 Å². The Morgan fingerprint density at radius 1 is 1.14 bits per heavy atom. The van der Waals surface area contributed by atoms with Crippen LogP contribution in [0.3, 0.4) is 0 Å². The second-order valence-corrected chi connectivity index (χ2v) is 7.79. The lowest BCUT2D eigenvalue weighted by Gasteiger charge is -2.32. The molecule has 4 nitrogen and oxygen atoms in total. The Balaban J connectivity index is 2.38. The monoisotopic (exact) mass is 311 g/mol. The Labute approximate surface area is 132 Å². The molecule has 0 saturated carbocycles. The zero-order valence-corrected chi connectivity index (χ0v) is 14.5. The average Bonchev–Trinajstić information content (AvgIpc) is 2.49. The highest BCUT2D eigenvalue weighted by Gasteiger charge is 2.52. The number of nitrogens with zero attached hydrogens (tertiary/aromatic N) is 1. The number of pyridine rings is 1. The third-order valence-corrected chi connectivity index (χ3v) is 3.96. The van der Waals surface area contributed by atoms with Crippen LogP contribution in [0.2, 0.25) is 5.02 Å². The SMILES string of the molecule is CC(C)(C)Oc1ncc(Cl)cc1B1OC(C)(C)C(C)(C)O1. The maximum atomic E-state index is 6.08. The summed E-state index contributed by atoms with van der Waals surface area (Å²) in [6.45, 7) is 13.9. The first-order valence-corrected chi connectivity index (χ1v) is 7.49. The van der Waals surface area contributed by atoms with Crippen molar-refractivity contribution in [2.24, 2.45) is 0 Å². The van der Waals surface area contributed by atoms with Gasteiger partial charge in [0.2, 0.25) is 5.88 Å². The molecule has 0 N–H and O–H groups in total. The maximum absolute atomic E-state index is 6.08. The standard InChI is InChI=1S/C15H23BClNO3/c1-13(2,3)19-12-11(8-10(17)9-18-12)16-20-14(4,5)15(6,7)21-16/h8-9H,1-7H3. The highest BCUT2D eigenvalue weighted by molar-refractivity contribution is 6.63. The van der Waals surface area contributed by atoms with Gasteiger partial charge in [-0.05, 0) is 54.5 Å². The molecular formula is C15H23BClNO3. The number of hydrogen-bond donors (Lipinski definition) is 0. The van der Waals surface area contributed by atoms with Crippen molar-refractivity contribution < 1.29 is 14.0 Å². The molecule has 2 rings (SSSR count). The van der Waals surface area contributed by atoms with E-state index in [0.717, 1.165) is 5.46 Å². The van der Waals surface area contributed by atoms with Gasteiger partial charge < -0.3 is 14.0 Å². The van der Waals surface area contributed by atoms with Gasteiger partial charge in [-0.3, -0.25) is 0 Å². The molecule has 0 spiro atoms. The van der Waals surface area contributed by atoms with Crippen LogP contribution in [0.5, 0.6) is 5.88 Å². The summed E-state index contributed by atoms with van der Waals surface area (Å²) in [5.41, 5.74) is -0.479. The molecular weight excluding hydrogens is 288 g/mol. The van der Waals surface area contributed by atoms with Crippen LogP contribution in [0.4, 0.5) is 0 Å². The molecule has 2 heterocycles. The summed E-state index contributed by atoms with van der Waals surface area (Å²) in [7, 11) is -0.543. The molecule has 1 fully saturated rings. The van der Waals surface area contributed by atoms with Crippen LogP contribution in [0.25, 0.3) is 0 Å². The average molecular weight is 312 g/mol. The van der Waals surface area contributed by atoms with Gasteiger partial charge in [-0.1, -0.05) is 11.6 Å². The molecule has 0 atom stereocenters. The van der Waals surface area contributed by atoms with Crippen LogP contribution >= 0.6 is 11.6 Å². The summed E-state index contributed by atoms with van der Waals surface area (Å²) in [5, 5.41) is 0.529. The van der Waals surface area contributed by atoms with E-state index in [1.165, 1.54) is 0 Å². The number of halogens is 1. The van der Waals surface area contributed by atoms with Crippen molar-refractivity contribution >= 4 is 24.2 Å². The fourth-order valence-corrected chi connectivity index (χ4v) is 2.12. The van der Waals surface area contributed by atoms with Gasteiger partial charge in [0.25, 0.3) is 0 Å². The smallest absolute Gasteiger partial charge is 0.472 e. The second-order valence-electron chi connectivity index (χ2n) is 7.35. The quantitative estimate of drug-likeness (QED) is 0.786. The molecule has 1 aliphatic rings. The van der Waals surface area contributed by atoms with E-state index in [1.807, 2.05) is 48.5 Å². The van der Waals surface area contributed by atoms with Crippen LogP contribution in [0, 0.1) is 0 Å². The van der Waals surface area contributed by atoms with E-state index in [1.54, 1.807) is 12.3 Å². The number of hydrogen-bond acceptors (Lipinski definition) is 4. The van der Waals surface area contributed by atoms with Crippen LogP contribution in [0.15, 0.2) is 12.3 Å². The molecule has 6 heteroatoms. The summed E-state index contributed by atoms with van der Waals surface area (Å²) in [4.78, 5) is 4.29. The summed E-state index contributed by atoms with van der Waals surface area (Å²) < 4.78 is 18.0. The van der Waals surface area contributed by atoms with Gasteiger partial charge >= 0.3 is 7.12 Å². The number of rotatable bonds is 2. The first-order chi connectivity index (χ1) is 9.41. The third-order valence-electron chi connectivity index (χ3n) is 3.76. The van der Waals surface area contributed by atoms with E-state index in [0.29, 0.717) is 10.9 Å². The van der Waals surface area contributed by atoms with Crippen LogP contribution in [0.1, 0.15) is 48.5 Å². The lowest BCUT2D eigenvalue weighted by atomic mass is 9.79. The van der Waals surface area contributed by atoms with Crippen molar-refractivity contribution in [3.63, 3.8) is 0 Å². The lowest BCUT2D eigenvalue weighted by molar-refractivity contribution is 0.00578. The molecule has 0 aliphatic carbocycles. The second kappa shape index (κ2) is 5.15. The largest absolute Gasteiger partial charge is 0.500 e. The summed E-state index contributed by atoms with van der Waals surface area (Å²) in [6.07, 6.45) is 1.57. The van der Waals surface area contributed by atoms with Crippen molar-refractivity contribution in [3.8, 4) is 5.88 Å². The Hall–Kier alpha value is -0.775. The van der Waals surface area contributed by atoms with E-state index in [-0.39, 0.29) is 5.60 Å². The molecule has 0 amide bonds. The molecule has 1 aromatic rings. The summed E-state index contributed by atoms with van der Waals surface area (Å²) in [6, 6.07) is 1.79. The zero-order chi connectivity index (χ0) is 16.1. The zero-order valence-electron chi connectivity index (χ0n) is 13.8. The lowest BCUT2D eigenvalue weighted by Crippen LogP contribution is -2.41. The first-order valence-electron chi connectivity index (χ1n) is 7.11. The first kappa shape index (κ1) is 16.6. The minimum atomic E-state index is -0.543. The molecule has 0 radical (unpaired) electrons. The van der Waals surface area contributed by atoms with E-state index in [9.17, 15) is 0 Å². The maximum Gasteiger partial charge on any atom is 0.500 e. The Morgan fingerprint density at radius 2 is 1.67 bits per heavy atom. The van der Waals surface area contributed by atoms with E-state index >= 15 is 0 Å². The predicted molar refractivity (Wildman–Crippen MR) is 85.3 cm³/mol. The summed E-state index contributed by atoms with van der Waals surface area (Å²) >= 11 is 6.08. The van der Waals surface area contributed by atoms with Gasteiger partial charge in [-0.25, -0.2) is 4.98 Å². The molecule has 116 valence electrons. The topological polar surface area (TPSA) is 40.6 Å². The summed E-state index contributed by atoms with van der Waals surface area (Å²) in [5.74, 6) is 0.491. The molecule has 1 aliphatic heterocycles. The molecule has 0 aromatic carbocycles. The minimum Gasteiger partial charge on any atom is -0.472 e. The normalized spacial score (nSPS) is 20.7. The van der Waals surface area contributed by atoms with Crippen LogP contribution < -0.4 is 10.2 Å². The Kier molecular flexibility index (Phi) is 4.07. The van der Waals surface area contributed by atoms with Gasteiger partial charge in [-0.15, -0.1) is 0 Å². The van der Waals surface area contributed by atoms with Gasteiger partial charge in [0.1, 0.15) is 5.60 Å². The highest BCUT2D eigenvalue weighted by Crippen LogP contribution is 2.37. The Bertz CT molecular complexity index is 524. The van der Waals surface area contributed by atoms with Gasteiger partial charge in [0.05, 0.1) is 16.2 Å². The molecule has 1 aromatic heterocycles. The van der Waals surface area contributed by atoms with E-state index < -0.39 is 18.3 Å². The van der Waals surface area contributed by atoms with E-state index in [2.05, 4.69) is 4.98 Å². The molecule has 1 saturated heterocycles. The van der Waals surface area contributed by atoms with Crippen molar-refractivity contribution in [2.75, 3.05) is 0 Å². The molecule has 21 heavy (non-hydrogen) atoms. The molecule has 0 unspecified atom stereocenters. The number of aromatic nitrogens is 1. The van der Waals surface area contributed by atoms with Crippen molar-refractivity contribution in [1.82, 2.24) is 4.98 Å². The van der Waals surface area contributed by atoms with Crippen molar-refractivity contribution in [3.05, 3.63) is 17.3 Å². The predicted octanol–water partition coefficient (Wildman–Crippen LogP) is 3.21. The minimum absolute atomic E-state index is 0.362. The van der Waals surface area contributed by atoms with Crippen molar-refractivity contribution in [1.29, 1.82) is 0 Å². The van der Waals surface area contributed by atoms with Gasteiger partial charge in [0.15, 0.2) is 0 Å². The fourth-order valence-electron chi connectivity index (χ4n) is 1.96. The van der Waals surface area contributed by atoms with Gasteiger partial charge in [-0.2, -0.15) is 0 Å². The number of ether oxygens (including phenoxy) is 1. The van der Waals surface area contributed by atoms with Crippen molar-refractivity contribution in [2.45, 2.75) is 65.3 Å². The molecule has 0 bridgehead atoms. The highest BCUT2D eigenvalue weighted by atomic mass is 35.5.